The summed E-state index contributed by atoms with van der Waals surface area (Å²) in [4.78, 5) is 71.1. The molecule has 1 rings (SSSR count). The van der Waals surface area contributed by atoms with Crippen LogP contribution in [0.1, 0.15) is 31.4 Å². The number of H-pyrrole nitrogens is 1. The first-order chi connectivity index (χ1) is 17.4. The smallest absolute Gasteiger partial charge is 0.326 e. The van der Waals surface area contributed by atoms with Gasteiger partial charge < -0.3 is 49.0 Å². The molecule has 37 heavy (non-hydrogen) atoms. The van der Waals surface area contributed by atoms with Gasteiger partial charge in [0.15, 0.2) is 5.96 Å². The zero-order valence-electron chi connectivity index (χ0n) is 20.1. The molecule has 16 nitrogen and oxygen atoms in total. The van der Waals surface area contributed by atoms with Crippen LogP contribution in [0.25, 0.3) is 0 Å². The Morgan fingerprint density at radius 2 is 1.62 bits per heavy atom. The number of carboxylic acids is 1. The lowest BCUT2D eigenvalue weighted by Crippen LogP contribution is -2.57. The molecule has 0 aromatic carbocycles. The molecule has 0 fully saturated rings. The Hall–Kier alpha value is -3.86. The van der Waals surface area contributed by atoms with Gasteiger partial charge in [-0.1, -0.05) is 0 Å². The molecular formula is C20H34N10O6S. The molecule has 1 aromatic rings. The van der Waals surface area contributed by atoms with E-state index in [2.05, 4.69) is 43.5 Å². The van der Waals surface area contributed by atoms with E-state index < -0.39 is 53.8 Å². The second-order valence-corrected chi connectivity index (χ2v) is 8.41. The molecule has 13 N–H and O–H groups in total. The number of aromatic nitrogens is 2. The molecule has 0 saturated carbocycles. The largest absolute Gasteiger partial charge is 0.480 e. The molecule has 1 aromatic heterocycles. The highest BCUT2D eigenvalue weighted by Gasteiger charge is 2.30. The van der Waals surface area contributed by atoms with Gasteiger partial charge in [0.1, 0.15) is 18.1 Å². The number of hydrogen-bond acceptors (Lipinski definition) is 9. The van der Waals surface area contributed by atoms with Crippen LogP contribution in [0.3, 0.4) is 0 Å². The number of rotatable bonds is 17. The molecule has 4 unspecified atom stereocenters. The van der Waals surface area contributed by atoms with Gasteiger partial charge in [0.2, 0.25) is 23.6 Å². The van der Waals surface area contributed by atoms with Gasteiger partial charge in [0.25, 0.3) is 0 Å². The second kappa shape index (κ2) is 16.0. The lowest BCUT2D eigenvalue weighted by atomic mass is 10.1. The summed E-state index contributed by atoms with van der Waals surface area (Å²) >= 11 is 4.07. The number of hydrogen-bond donors (Lipinski definition) is 10. The van der Waals surface area contributed by atoms with Gasteiger partial charge >= 0.3 is 5.97 Å². The zero-order valence-corrected chi connectivity index (χ0v) is 20.9. The van der Waals surface area contributed by atoms with Crippen molar-refractivity contribution in [2.75, 3.05) is 12.3 Å². The van der Waals surface area contributed by atoms with Crippen LogP contribution >= 0.6 is 12.6 Å². The highest BCUT2D eigenvalue weighted by atomic mass is 32.1. The van der Waals surface area contributed by atoms with Crippen LogP contribution in [-0.4, -0.2) is 87.1 Å². The summed E-state index contributed by atoms with van der Waals surface area (Å²) in [5.41, 5.74) is 21.9. The van der Waals surface area contributed by atoms with Crippen molar-refractivity contribution in [1.29, 1.82) is 0 Å². The Morgan fingerprint density at radius 1 is 1.00 bits per heavy atom. The van der Waals surface area contributed by atoms with E-state index in [1.54, 1.807) is 0 Å². The van der Waals surface area contributed by atoms with Gasteiger partial charge in [-0.15, -0.1) is 0 Å². The second-order valence-electron chi connectivity index (χ2n) is 8.05. The number of aliphatic carboxylic acids is 1. The minimum Gasteiger partial charge on any atom is -0.480 e. The van der Waals surface area contributed by atoms with Crippen molar-refractivity contribution in [3.63, 3.8) is 0 Å². The third-order valence-corrected chi connectivity index (χ3v) is 5.39. The van der Waals surface area contributed by atoms with Crippen LogP contribution < -0.4 is 38.9 Å². The van der Waals surface area contributed by atoms with E-state index in [1.807, 2.05) is 0 Å². The molecule has 206 valence electrons. The normalized spacial score (nSPS) is 13.9. The molecule has 17 heteroatoms. The fourth-order valence-corrected chi connectivity index (χ4v) is 3.29. The quantitative estimate of drug-likeness (QED) is 0.0394. The molecule has 0 radical (unpaired) electrons. The van der Waals surface area contributed by atoms with E-state index in [9.17, 15) is 29.1 Å². The minimum atomic E-state index is -1.31. The molecule has 4 atom stereocenters. The van der Waals surface area contributed by atoms with Crippen molar-refractivity contribution < 1.29 is 29.1 Å². The summed E-state index contributed by atoms with van der Waals surface area (Å²) in [5, 5.41) is 16.8. The number of carboxylic acid groups (broad SMARTS) is 1. The van der Waals surface area contributed by atoms with Gasteiger partial charge in [0, 0.05) is 37.0 Å². The number of primary amides is 1. The van der Waals surface area contributed by atoms with Crippen LogP contribution in [-0.2, 0) is 30.4 Å². The number of guanidine groups is 1. The summed E-state index contributed by atoms with van der Waals surface area (Å²) in [6.45, 7) is 0.153. The maximum atomic E-state index is 13.0. The molecule has 0 aliphatic rings. The SMILES string of the molecule is NC(=O)CCC(N)C(=O)NC(CS)C(=O)NC(CCCN=C(N)N)C(=O)NC(Cc1cnc[nH]1)C(=O)O. The molecule has 0 bridgehead atoms. The number of amides is 4. The summed E-state index contributed by atoms with van der Waals surface area (Å²) in [6, 6.07) is -4.77. The summed E-state index contributed by atoms with van der Waals surface area (Å²) < 4.78 is 0. The molecule has 4 amide bonds. The Morgan fingerprint density at radius 3 is 2.16 bits per heavy atom. The van der Waals surface area contributed by atoms with Crippen LogP contribution in [0, 0.1) is 0 Å². The summed E-state index contributed by atoms with van der Waals surface area (Å²) in [7, 11) is 0. The van der Waals surface area contributed by atoms with Crippen molar-refractivity contribution >= 4 is 48.2 Å². The van der Waals surface area contributed by atoms with Crippen LogP contribution in [0.15, 0.2) is 17.5 Å². The number of nitrogens with two attached hydrogens (primary N) is 4. The number of nitrogens with zero attached hydrogens (tertiary/aromatic N) is 2. The third kappa shape index (κ3) is 12.1. The van der Waals surface area contributed by atoms with Crippen molar-refractivity contribution in [2.24, 2.45) is 27.9 Å². The maximum absolute atomic E-state index is 13.0. The Balaban J connectivity index is 2.91. The maximum Gasteiger partial charge on any atom is 0.326 e. The first kappa shape index (κ1) is 31.2. The van der Waals surface area contributed by atoms with Gasteiger partial charge in [-0.25, -0.2) is 9.78 Å². The predicted molar refractivity (Wildman–Crippen MR) is 136 cm³/mol. The number of imidazole rings is 1. The number of carbonyl (C=O) groups is 5. The molecular weight excluding hydrogens is 508 g/mol. The zero-order chi connectivity index (χ0) is 28.0. The summed E-state index contributed by atoms with van der Waals surface area (Å²) in [5.74, 6) is -4.46. The topological polar surface area (TPSA) is 287 Å². The highest BCUT2D eigenvalue weighted by Crippen LogP contribution is 2.05. The molecule has 0 aliphatic carbocycles. The Bertz CT molecular complexity index is 953. The Kier molecular flexibility index (Phi) is 13.5. The minimum absolute atomic E-state index is 0.0230. The third-order valence-electron chi connectivity index (χ3n) is 5.03. The molecule has 0 spiro atoms. The van der Waals surface area contributed by atoms with Crippen LogP contribution in [0.4, 0.5) is 0 Å². The fourth-order valence-electron chi connectivity index (χ4n) is 3.04. The van der Waals surface area contributed by atoms with Crippen molar-refractivity contribution in [1.82, 2.24) is 25.9 Å². The monoisotopic (exact) mass is 542 g/mol. The lowest BCUT2D eigenvalue weighted by Gasteiger charge is -2.24. The average Bonchev–Trinajstić information content (AvgIpc) is 3.34. The van der Waals surface area contributed by atoms with Gasteiger partial charge in [-0.2, -0.15) is 12.6 Å². The van der Waals surface area contributed by atoms with E-state index in [1.165, 1.54) is 12.5 Å². The number of nitrogens with one attached hydrogen (secondary N) is 4. The standard InChI is InChI=1S/C20H34N10O6S/c21-11(3-4-15(22)31)16(32)30-14(8-37)18(34)28-12(2-1-5-26-20(23)24)17(33)29-13(19(35)36)6-10-7-25-9-27-10/h7,9,11-14,37H,1-6,8,21H2,(H2,22,31)(H,25,27)(H,28,34)(H,29,33)(H,30,32)(H,35,36)(H4,23,24,26). The first-order valence-corrected chi connectivity index (χ1v) is 11.9. The molecule has 0 saturated heterocycles. The highest BCUT2D eigenvalue weighted by molar-refractivity contribution is 7.80. The predicted octanol–water partition coefficient (Wildman–Crippen LogP) is -3.93. The van der Waals surface area contributed by atoms with Crippen molar-refractivity contribution in [3.05, 3.63) is 18.2 Å². The fraction of sp³-hybridized carbons (Fsp3) is 0.550. The lowest BCUT2D eigenvalue weighted by molar-refractivity contribution is -0.142. The van der Waals surface area contributed by atoms with E-state index >= 15 is 0 Å². The number of carbonyl (C=O) groups excluding carboxylic acids is 4. The van der Waals surface area contributed by atoms with Crippen molar-refractivity contribution in [2.45, 2.75) is 56.3 Å². The van der Waals surface area contributed by atoms with Gasteiger partial charge in [-0.05, 0) is 19.3 Å². The van der Waals surface area contributed by atoms with Gasteiger partial charge in [0.05, 0.1) is 12.4 Å². The van der Waals surface area contributed by atoms with Crippen LogP contribution in [0.2, 0.25) is 0 Å². The first-order valence-electron chi connectivity index (χ1n) is 11.3. The average molecular weight is 543 g/mol. The summed E-state index contributed by atoms with van der Waals surface area (Å²) in [6.07, 6.45) is 2.90. The van der Waals surface area contributed by atoms with E-state index in [0.29, 0.717) is 5.69 Å². The number of aliphatic imine (C=N–C) groups is 1. The van der Waals surface area contributed by atoms with E-state index in [-0.39, 0.29) is 50.4 Å². The Labute approximate surface area is 218 Å². The van der Waals surface area contributed by atoms with E-state index in [4.69, 9.17) is 22.9 Å². The van der Waals surface area contributed by atoms with Gasteiger partial charge in [-0.3, -0.25) is 24.2 Å². The van der Waals surface area contributed by atoms with Crippen LogP contribution in [0.5, 0.6) is 0 Å². The van der Waals surface area contributed by atoms with Crippen molar-refractivity contribution in [3.8, 4) is 0 Å². The number of thiol groups is 1. The molecule has 0 aliphatic heterocycles. The molecule has 1 heterocycles. The van der Waals surface area contributed by atoms with E-state index in [0.717, 1.165) is 0 Å². The number of aromatic amines is 1.